The molecular formula is C77H131FN16O14S. The van der Waals surface area contributed by atoms with Crippen molar-refractivity contribution in [2.75, 3.05) is 91.1 Å². The molecule has 0 aromatic heterocycles. The molecule has 7 heterocycles. The summed E-state index contributed by atoms with van der Waals surface area (Å²) in [4.78, 5) is 131. The van der Waals surface area contributed by atoms with Crippen LogP contribution in [0.2, 0.25) is 0 Å². The van der Waals surface area contributed by atoms with Crippen LogP contribution in [0.25, 0.3) is 0 Å². The van der Waals surface area contributed by atoms with Crippen LogP contribution in [0.3, 0.4) is 0 Å². The van der Waals surface area contributed by atoms with Crippen LogP contribution in [0.15, 0.2) is 12.2 Å². The van der Waals surface area contributed by atoms with Crippen LogP contribution in [0.1, 0.15) is 183 Å². The SMILES string of the molecule is CC1NCSC1C1CCC([C@H](C)NC(=O)[C@@H]2C[C@@H](O)CN2C(=O)[C@H](C(C)C)C(O)CC(N)OCCN2CCC(CN3CCN4C5CC(C6CCCCC6O)NNC5N(C(=O)OCC5CCC(NC(=O)[C@H](CCCNC(N)=O)NC(=O)[C@@H](NC(=O)CCCCCN6C(=O)C=CC6=O)C(C)C)C(F)C5)C[C@H]4C3)CC2)CC1. The van der Waals surface area contributed by atoms with Gasteiger partial charge in [0.2, 0.25) is 29.5 Å². The number of imide groups is 1. The number of nitrogens with zero attached hydrogens (tertiary/aromatic N) is 6. The number of alkyl halides is 1. The molecule has 0 aromatic rings. The van der Waals surface area contributed by atoms with Gasteiger partial charge >= 0.3 is 12.1 Å². The van der Waals surface area contributed by atoms with Gasteiger partial charge in [-0.25, -0.2) is 19.4 Å². The Morgan fingerprint density at radius 3 is 2.19 bits per heavy atom. The number of ether oxygens (including phenoxy) is 2. The van der Waals surface area contributed by atoms with E-state index in [2.05, 4.69) is 71.3 Å². The first-order valence-electron chi connectivity index (χ1n) is 41.3. The van der Waals surface area contributed by atoms with Crippen LogP contribution in [0, 0.1) is 47.3 Å². The third-order valence-corrected chi connectivity index (χ3v) is 27.1. The Hall–Kier alpha value is -5.39. The Labute approximate surface area is 648 Å². The highest BCUT2D eigenvalue weighted by atomic mass is 32.2. The van der Waals surface area contributed by atoms with Gasteiger partial charge < -0.3 is 82.9 Å². The zero-order valence-corrected chi connectivity index (χ0v) is 66.2. The molecule has 3 aliphatic carbocycles. The summed E-state index contributed by atoms with van der Waals surface area (Å²) in [5.41, 5.74) is 18.9. The van der Waals surface area contributed by atoms with Gasteiger partial charge in [0.05, 0.1) is 43.5 Å². The second-order valence-corrected chi connectivity index (χ2v) is 35.2. The fourth-order valence-electron chi connectivity index (χ4n) is 19.2. The number of hydrazine groups is 1. The zero-order chi connectivity index (χ0) is 78.2. The number of likely N-dealkylation sites (tertiary alicyclic amines) is 2. The molecule has 9 fully saturated rings. The van der Waals surface area contributed by atoms with Crippen LogP contribution in [0.5, 0.6) is 0 Å². The van der Waals surface area contributed by atoms with Gasteiger partial charge in [0.15, 0.2) is 0 Å². The number of halogens is 1. The van der Waals surface area contributed by atoms with Crippen molar-refractivity contribution in [1.29, 1.82) is 0 Å². The summed E-state index contributed by atoms with van der Waals surface area (Å²) in [5, 5.41) is 52.0. The van der Waals surface area contributed by atoms with Crippen molar-refractivity contribution in [2.45, 2.75) is 279 Å². The number of β-amino-alcohol motifs (C(OH)–C–C–N with tert-alkyl or cyclic N) is 1. The van der Waals surface area contributed by atoms with Crippen LogP contribution in [0.4, 0.5) is 14.0 Å². The summed E-state index contributed by atoms with van der Waals surface area (Å²) < 4.78 is 28.6. The number of aliphatic hydroxyl groups excluding tert-OH is 3. The molecule has 19 atom stereocenters. The predicted octanol–water partition coefficient (Wildman–Crippen LogP) is 2.08. The second kappa shape index (κ2) is 41.1. The van der Waals surface area contributed by atoms with E-state index in [1.54, 1.807) is 18.7 Å². The minimum atomic E-state index is -1.50. The van der Waals surface area contributed by atoms with E-state index in [1.165, 1.54) is 17.1 Å². The number of hydrogen-bond acceptors (Lipinski definition) is 22. The van der Waals surface area contributed by atoms with Crippen molar-refractivity contribution in [3.63, 3.8) is 0 Å². The number of piperidine rings is 1. The summed E-state index contributed by atoms with van der Waals surface area (Å²) in [6, 6.07) is -4.28. The molecule has 3 saturated carbocycles. The van der Waals surface area contributed by atoms with Crippen molar-refractivity contribution < 1.29 is 72.3 Å². The lowest BCUT2D eigenvalue weighted by Gasteiger charge is -2.58. The van der Waals surface area contributed by atoms with Crippen LogP contribution < -0.4 is 54.2 Å². The molecule has 10 rings (SSSR count). The average molecular weight is 1560 g/mol. The lowest BCUT2D eigenvalue weighted by Crippen LogP contribution is -2.78. The van der Waals surface area contributed by atoms with E-state index in [-0.39, 0.29) is 149 Å². The number of nitrogens with two attached hydrogens (primary N) is 2. The van der Waals surface area contributed by atoms with Crippen molar-refractivity contribution in [3.05, 3.63) is 12.2 Å². The van der Waals surface area contributed by atoms with E-state index in [0.717, 1.165) is 121 Å². The molecular weight excluding hydrogens is 1420 g/mol. The minimum absolute atomic E-state index is 0.00547. The zero-order valence-electron chi connectivity index (χ0n) is 65.4. The number of nitrogens with one attached hydrogen (secondary N) is 8. The number of unbranched alkanes of at least 4 members (excludes halogenated alkanes) is 2. The molecule has 6 saturated heterocycles. The molecule has 15 N–H and O–H groups in total. The Bertz CT molecular complexity index is 3040. The van der Waals surface area contributed by atoms with Gasteiger partial charge in [-0.05, 0) is 165 Å². The molecule has 0 radical (unpaired) electrons. The number of urea groups is 1. The standard InChI is InChI=1S/C77H131FN16O14S/c1-45(2)68(75(104)93-42-54(95)36-61(93)73(102)83-47(5)51-18-20-52(21-19-51)70-48(6)82-44-109-70)63(97)38-64(79)107-34-33-89-29-25-49(26-30-89)39-90-31-32-91-53(40-90)41-94(71-60(91)37-59(87-88-71)55-13-9-10-15-62(55)96)77(106)108-43-50-17-22-57(56(78)35-50)84-72(101)58(14-12-27-81-76(80)105)85-74(103)69(46(3)4)86-65(98)16-8-7-11-28-92-66(99)23-24-67(92)100/h23-24,45-64,68-71,82,87-88,95-97H,7-22,25-44,79H2,1-6H3,(H,83,102)(H,84,101)(H,85,103)(H,86,98)(H3,80,81,105)/t47-,48?,50?,51?,52?,53+,54+,55?,56?,57?,58-,59?,60?,61-,62?,63?,64?,68+,69-,70?,71?/m0/s1. The van der Waals surface area contributed by atoms with E-state index in [0.29, 0.717) is 74.4 Å². The van der Waals surface area contributed by atoms with Gasteiger partial charge in [0.25, 0.3) is 11.8 Å². The van der Waals surface area contributed by atoms with Crippen LogP contribution >= 0.6 is 11.8 Å². The number of primary amides is 1. The lowest BCUT2D eigenvalue weighted by molar-refractivity contribution is -0.147. The monoisotopic (exact) mass is 1550 g/mol. The molecule has 10 amide bonds. The Kier molecular flexibility index (Phi) is 32.4. The maximum absolute atomic E-state index is 16.4. The van der Waals surface area contributed by atoms with E-state index < -0.39 is 90.9 Å². The summed E-state index contributed by atoms with van der Waals surface area (Å²) >= 11 is 2.02. The van der Waals surface area contributed by atoms with E-state index in [1.807, 2.05) is 25.6 Å². The first-order chi connectivity index (χ1) is 52.2. The summed E-state index contributed by atoms with van der Waals surface area (Å²) in [5.74, 6) is -2.30. The molecule has 10 aliphatic rings. The fourth-order valence-corrected chi connectivity index (χ4v) is 20.6. The molecule has 109 heavy (non-hydrogen) atoms. The molecule has 30 nitrogen and oxygen atoms in total. The lowest BCUT2D eigenvalue weighted by atomic mass is 9.76. The number of rotatable bonds is 34. The highest BCUT2D eigenvalue weighted by Crippen LogP contribution is 2.41. The van der Waals surface area contributed by atoms with E-state index >= 15 is 4.39 Å². The smallest absolute Gasteiger partial charge is 0.411 e. The molecule has 0 spiro atoms. The fraction of sp³-hybridized carbons (Fsp3) is 0.857. The van der Waals surface area contributed by atoms with Gasteiger partial charge in [-0.2, -0.15) is 0 Å². The van der Waals surface area contributed by atoms with Gasteiger partial charge in [0, 0.05) is 138 Å². The first-order valence-corrected chi connectivity index (χ1v) is 42.4. The number of amides is 10. The number of piperazine rings is 2. The van der Waals surface area contributed by atoms with Crippen LogP contribution in [-0.2, 0) is 43.0 Å². The number of aliphatic hydroxyl groups is 3. The van der Waals surface area contributed by atoms with Gasteiger partial charge in [-0.3, -0.25) is 53.7 Å². The Balaban J connectivity index is 0.660. The first kappa shape index (κ1) is 86.0. The van der Waals surface area contributed by atoms with Crippen molar-refractivity contribution in [3.8, 4) is 0 Å². The maximum Gasteiger partial charge on any atom is 0.411 e. The average Bonchev–Trinajstić information content (AvgIpc) is 1.60. The van der Waals surface area contributed by atoms with Crippen LogP contribution in [-0.4, -0.2) is 286 Å². The third kappa shape index (κ3) is 23.6. The minimum Gasteiger partial charge on any atom is -0.449 e. The highest BCUT2D eigenvalue weighted by Gasteiger charge is 2.52. The molecule has 12 unspecified atom stereocenters. The summed E-state index contributed by atoms with van der Waals surface area (Å²) in [6.45, 7) is 18.5. The molecule has 32 heteroatoms. The van der Waals surface area contributed by atoms with E-state index in [9.17, 15) is 58.5 Å². The van der Waals surface area contributed by atoms with Crippen molar-refractivity contribution in [1.82, 2.24) is 72.2 Å². The van der Waals surface area contributed by atoms with Crippen molar-refractivity contribution in [2.24, 2.45) is 58.8 Å². The number of thioether (sulfide) groups is 1. The summed E-state index contributed by atoms with van der Waals surface area (Å²) in [6.07, 6.45) is 10.3. The number of fused-ring (bicyclic) bond motifs is 3. The van der Waals surface area contributed by atoms with E-state index in [4.69, 9.17) is 20.9 Å². The highest BCUT2D eigenvalue weighted by molar-refractivity contribution is 8.00. The van der Waals surface area contributed by atoms with Crippen molar-refractivity contribution >= 4 is 65.2 Å². The third-order valence-electron chi connectivity index (χ3n) is 25.5. The molecule has 0 bridgehead atoms. The molecule has 7 aliphatic heterocycles. The largest absolute Gasteiger partial charge is 0.449 e. The number of hydrogen-bond donors (Lipinski definition) is 13. The normalized spacial score (nSPS) is 31.8. The summed E-state index contributed by atoms with van der Waals surface area (Å²) in [7, 11) is 0. The number of carbonyl (C=O) groups excluding carboxylic acids is 9. The predicted molar refractivity (Wildman–Crippen MR) is 409 cm³/mol. The topological polar surface area (TPSA) is 400 Å². The van der Waals surface area contributed by atoms with Gasteiger partial charge in [0.1, 0.15) is 36.7 Å². The maximum atomic E-state index is 16.4. The number of carbonyl (C=O) groups is 9. The van der Waals surface area contributed by atoms with Gasteiger partial charge in [-0.1, -0.05) is 47.0 Å². The van der Waals surface area contributed by atoms with Gasteiger partial charge in [-0.15, -0.1) is 11.8 Å². The Morgan fingerprint density at radius 2 is 1.50 bits per heavy atom. The second-order valence-electron chi connectivity index (χ2n) is 34.0. The molecule has 616 valence electrons. The quantitative estimate of drug-likeness (QED) is 0.0249. The Morgan fingerprint density at radius 1 is 0.761 bits per heavy atom. The molecule has 0 aromatic carbocycles.